The van der Waals surface area contributed by atoms with Crippen molar-refractivity contribution in [1.29, 1.82) is 0 Å². The number of allylic oxidation sites excluding steroid dienone is 1. The first-order valence-corrected chi connectivity index (χ1v) is 13.5. The second kappa shape index (κ2) is 13.8. The molecule has 0 bridgehead atoms. The number of nitrogens with zero attached hydrogens (tertiary/aromatic N) is 3. The van der Waals surface area contributed by atoms with E-state index in [2.05, 4.69) is 15.4 Å². The third-order valence-electron chi connectivity index (χ3n) is 6.40. The van der Waals surface area contributed by atoms with Crippen LogP contribution in [-0.2, 0) is 22.6 Å². The van der Waals surface area contributed by atoms with Crippen LogP contribution in [0.4, 0.5) is 0 Å². The largest absolute Gasteiger partial charge is 0.491 e. The maximum Gasteiger partial charge on any atom is 0.242 e. The maximum atomic E-state index is 13.0. The molecule has 4 rings (SSSR count). The van der Waals surface area contributed by atoms with E-state index in [1.54, 1.807) is 4.90 Å². The van der Waals surface area contributed by atoms with Crippen molar-refractivity contribution >= 4 is 34.9 Å². The van der Waals surface area contributed by atoms with Gasteiger partial charge in [-0.1, -0.05) is 41.4 Å². The number of piperazine rings is 1. The van der Waals surface area contributed by atoms with Gasteiger partial charge in [0.2, 0.25) is 5.91 Å². The van der Waals surface area contributed by atoms with Crippen LogP contribution < -0.4 is 10.2 Å². The van der Waals surface area contributed by atoms with Crippen LogP contribution in [0.15, 0.2) is 59.7 Å². The van der Waals surface area contributed by atoms with Gasteiger partial charge in [-0.3, -0.25) is 14.6 Å². The zero-order valence-corrected chi connectivity index (χ0v) is 22.7. The molecule has 37 heavy (non-hydrogen) atoms. The number of carbonyl (C=O) groups is 1. The van der Waals surface area contributed by atoms with E-state index in [0.29, 0.717) is 48.7 Å². The van der Waals surface area contributed by atoms with Crippen LogP contribution in [-0.4, -0.2) is 60.5 Å². The van der Waals surface area contributed by atoms with E-state index in [0.717, 1.165) is 42.9 Å². The Kier molecular flexibility index (Phi) is 10.3. The predicted molar refractivity (Wildman–Crippen MR) is 148 cm³/mol. The van der Waals surface area contributed by atoms with E-state index in [1.807, 2.05) is 61.5 Å². The van der Waals surface area contributed by atoms with Crippen molar-refractivity contribution in [3.8, 4) is 5.75 Å². The zero-order chi connectivity index (χ0) is 26.0. The van der Waals surface area contributed by atoms with Crippen LogP contribution >= 0.6 is 23.2 Å². The molecule has 1 N–H and O–H groups in total. The van der Waals surface area contributed by atoms with Gasteiger partial charge in [0.1, 0.15) is 12.4 Å². The molecule has 2 fully saturated rings. The van der Waals surface area contributed by atoms with Crippen molar-refractivity contribution in [2.24, 2.45) is 5.10 Å². The van der Waals surface area contributed by atoms with Gasteiger partial charge in [0, 0.05) is 41.8 Å². The standard InChI is InChI=1S/C28H34Cl2N4O3/c1-2-5-27(34-14-13-33(19-28(34)35)18-21-7-9-23(29)10-8-21)32-31-17-22-16-24(30)11-12-26(22)37-20-25-6-3-4-15-36-25/h2,5,7-12,16,25,31H,3-4,6,13-15,17-20H2,1H3/b5-2+,32-27+. The highest BCUT2D eigenvalue weighted by Gasteiger charge is 2.26. The van der Waals surface area contributed by atoms with Gasteiger partial charge in [0.25, 0.3) is 0 Å². The number of amides is 1. The summed E-state index contributed by atoms with van der Waals surface area (Å²) in [4.78, 5) is 16.9. The molecule has 0 radical (unpaired) electrons. The number of benzene rings is 2. The Morgan fingerprint density at radius 1 is 1.16 bits per heavy atom. The van der Waals surface area contributed by atoms with Gasteiger partial charge in [-0.05, 0) is 68.2 Å². The highest BCUT2D eigenvalue weighted by Crippen LogP contribution is 2.24. The molecule has 198 valence electrons. The minimum Gasteiger partial charge on any atom is -0.491 e. The minimum absolute atomic E-state index is 0.0122. The van der Waals surface area contributed by atoms with Crippen LogP contribution in [0.25, 0.3) is 0 Å². The van der Waals surface area contributed by atoms with E-state index in [-0.39, 0.29) is 12.0 Å². The number of hydrogen-bond acceptors (Lipinski definition) is 6. The number of hydrazone groups is 1. The highest BCUT2D eigenvalue weighted by molar-refractivity contribution is 6.30. The summed E-state index contributed by atoms with van der Waals surface area (Å²) in [6.45, 7) is 5.96. The molecule has 0 aliphatic carbocycles. The van der Waals surface area contributed by atoms with E-state index in [1.165, 1.54) is 6.42 Å². The normalized spacial score (nSPS) is 19.4. The van der Waals surface area contributed by atoms with Gasteiger partial charge in [-0.2, -0.15) is 5.10 Å². The molecular weight excluding hydrogens is 511 g/mol. The van der Waals surface area contributed by atoms with E-state index < -0.39 is 0 Å². The first-order valence-electron chi connectivity index (χ1n) is 12.7. The Hall–Kier alpha value is -2.58. The third-order valence-corrected chi connectivity index (χ3v) is 6.88. The van der Waals surface area contributed by atoms with Crippen molar-refractivity contribution in [1.82, 2.24) is 15.2 Å². The second-order valence-electron chi connectivity index (χ2n) is 9.24. The molecular formula is C28H34Cl2N4O3. The van der Waals surface area contributed by atoms with Crippen molar-refractivity contribution < 1.29 is 14.3 Å². The van der Waals surface area contributed by atoms with Crippen molar-refractivity contribution in [2.75, 3.05) is 32.8 Å². The lowest BCUT2D eigenvalue weighted by Gasteiger charge is -2.34. The van der Waals surface area contributed by atoms with Crippen molar-refractivity contribution in [3.63, 3.8) is 0 Å². The lowest BCUT2D eigenvalue weighted by atomic mass is 10.1. The monoisotopic (exact) mass is 544 g/mol. The topological polar surface area (TPSA) is 66.4 Å². The summed E-state index contributed by atoms with van der Waals surface area (Å²) in [6.07, 6.45) is 7.13. The fourth-order valence-corrected chi connectivity index (χ4v) is 4.76. The van der Waals surface area contributed by atoms with E-state index in [4.69, 9.17) is 32.7 Å². The molecule has 2 aromatic carbocycles. The van der Waals surface area contributed by atoms with Gasteiger partial charge < -0.3 is 14.9 Å². The number of ether oxygens (including phenoxy) is 2. The van der Waals surface area contributed by atoms with Gasteiger partial charge >= 0.3 is 0 Å². The SMILES string of the molecule is C/C=C/C(=N\NCc1cc(Cl)ccc1OCC1CCCCO1)N1CCN(Cc2ccc(Cl)cc2)CC1=O. The number of rotatable bonds is 9. The average molecular weight is 546 g/mol. The van der Waals surface area contributed by atoms with Crippen LogP contribution in [0.5, 0.6) is 5.75 Å². The lowest BCUT2D eigenvalue weighted by molar-refractivity contribution is -0.131. The first-order chi connectivity index (χ1) is 18.0. The molecule has 0 saturated carbocycles. The number of hydrogen-bond donors (Lipinski definition) is 1. The van der Waals surface area contributed by atoms with Crippen molar-refractivity contribution in [3.05, 3.63) is 75.8 Å². The third kappa shape index (κ3) is 8.20. The zero-order valence-electron chi connectivity index (χ0n) is 21.2. The Balaban J connectivity index is 1.35. The highest BCUT2D eigenvalue weighted by atomic mass is 35.5. The fraction of sp³-hybridized carbons (Fsp3) is 0.429. The molecule has 2 aliphatic heterocycles. The molecule has 9 heteroatoms. The van der Waals surface area contributed by atoms with E-state index >= 15 is 0 Å². The summed E-state index contributed by atoms with van der Waals surface area (Å²) < 4.78 is 11.9. The summed E-state index contributed by atoms with van der Waals surface area (Å²) in [6, 6.07) is 13.3. The predicted octanol–water partition coefficient (Wildman–Crippen LogP) is 5.26. The van der Waals surface area contributed by atoms with Gasteiger partial charge in [-0.25, -0.2) is 0 Å². The van der Waals surface area contributed by atoms with Gasteiger partial charge in [0.15, 0.2) is 5.84 Å². The molecule has 1 unspecified atom stereocenters. The molecule has 2 saturated heterocycles. The molecule has 2 aromatic rings. The summed E-state index contributed by atoms with van der Waals surface area (Å²) in [5, 5.41) is 5.89. The molecule has 0 aromatic heterocycles. The van der Waals surface area contributed by atoms with Gasteiger partial charge in [-0.15, -0.1) is 0 Å². The maximum absolute atomic E-state index is 13.0. The Morgan fingerprint density at radius 2 is 1.97 bits per heavy atom. The van der Waals surface area contributed by atoms with Gasteiger partial charge in [0.05, 0.1) is 19.2 Å². The molecule has 2 heterocycles. The van der Waals surface area contributed by atoms with E-state index in [9.17, 15) is 4.79 Å². The quantitative estimate of drug-likeness (QED) is 0.265. The average Bonchev–Trinajstić information content (AvgIpc) is 2.90. The summed E-state index contributed by atoms with van der Waals surface area (Å²) in [7, 11) is 0. The Morgan fingerprint density at radius 3 is 2.70 bits per heavy atom. The fourth-order valence-electron chi connectivity index (χ4n) is 4.44. The summed E-state index contributed by atoms with van der Waals surface area (Å²) >= 11 is 12.2. The molecule has 0 spiro atoms. The summed E-state index contributed by atoms with van der Waals surface area (Å²) in [5.41, 5.74) is 5.14. The van der Waals surface area contributed by atoms with Crippen LogP contribution in [0.2, 0.25) is 10.0 Å². The number of carbonyl (C=O) groups excluding carboxylic acids is 1. The summed E-state index contributed by atoms with van der Waals surface area (Å²) in [5.74, 6) is 1.35. The van der Waals surface area contributed by atoms with Crippen LogP contribution in [0, 0.1) is 0 Å². The molecule has 1 amide bonds. The number of amidine groups is 1. The Bertz CT molecular complexity index is 1100. The lowest BCUT2D eigenvalue weighted by Crippen LogP contribution is -2.52. The van der Waals surface area contributed by atoms with Crippen molar-refractivity contribution in [2.45, 2.75) is 45.4 Å². The smallest absolute Gasteiger partial charge is 0.242 e. The minimum atomic E-state index is 0.0122. The molecule has 2 aliphatic rings. The van der Waals surface area contributed by atoms with Crippen LogP contribution in [0.3, 0.4) is 0 Å². The first kappa shape index (κ1) is 27.5. The molecule has 1 atom stereocenters. The molecule has 7 nitrogen and oxygen atoms in total. The second-order valence-corrected chi connectivity index (χ2v) is 10.1. The number of nitrogens with one attached hydrogen (secondary N) is 1. The Labute approximate surface area is 229 Å². The number of halogens is 2. The van der Waals surface area contributed by atoms with Crippen LogP contribution in [0.1, 0.15) is 37.3 Å².